The Kier molecular flexibility index (Phi) is 4.46. The molecule has 1 aliphatic carbocycles. The van der Waals surface area contributed by atoms with Crippen molar-refractivity contribution in [2.75, 3.05) is 5.32 Å². The lowest BCUT2D eigenvalue weighted by atomic mass is 9.73. The molecule has 0 radical (unpaired) electrons. The first-order valence-electron chi connectivity index (χ1n) is 7.83. The van der Waals surface area contributed by atoms with E-state index in [1.54, 1.807) is 12.3 Å². The molecule has 24 heavy (non-hydrogen) atoms. The fourth-order valence-corrected chi connectivity index (χ4v) is 2.87. The van der Waals surface area contributed by atoms with E-state index in [4.69, 9.17) is 5.11 Å². The number of carboxylic acid groups (broad SMARTS) is 1. The summed E-state index contributed by atoms with van der Waals surface area (Å²) in [5, 5.41) is 11.6. The monoisotopic (exact) mass is 326 g/mol. The third-order valence-electron chi connectivity index (χ3n) is 4.40. The Morgan fingerprint density at radius 1 is 1.08 bits per heavy atom. The van der Waals surface area contributed by atoms with Gasteiger partial charge >= 0.3 is 5.97 Å². The molecular formula is C18H18N2O4. The van der Waals surface area contributed by atoms with Gasteiger partial charge in [0.2, 0.25) is 5.91 Å². The van der Waals surface area contributed by atoms with Gasteiger partial charge in [-0.05, 0) is 30.5 Å². The Bertz CT molecular complexity index is 813. The maximum atomic E-state index is 12.5. The summed E-state index contributed by atoms with van der Waals surface area (Å²) in [7, 11) is 0. The minimum Gasteiger partial charge on any atom is -0.481 e. The van der Waals surface area contributed by atoms with Crippen LogP contribution in [0.2, 0.25) is 0 Å². The summed E-state index contributed by atoms with van der Waals surface area (Å²) in [6.07, 6.45) is 2.70. The number of carboxylic acids is 1. The van der Waals surface area contributed by atoms with Gasteiger partial charge < -0.3 is 15.0 Å². The topological polar surface area (TPSA) is 88.4 Å². The highest BCUT2D eigenvalue weighted by atomic mass is 16.4. The summed E-state index contributed by atoms with van der Waals surface area (Å²) in [4.78, 5) is 35.7. The minimum absolute atomic E-state index is 0.175. The number of carbonyl (C=O) groups is 2. The van der Waals surface area contributed by atoms with Crippen LogP contribution in [-0.4, -0.2) is 21.6 Å². The SMILES string of the molecule is O=C(O)C1CCC1C(=O)Nc1cccn(Cc2ccccc2)c1=O. The molecule has 1 aromatic carbocycles. The van der Waals surface area contributed by atoms with Gasteiger partial charge in [0.1, 0.15) is 5.69 Å². The van der Waals surface area contributed by atoms with Crippen LogP contribution >= 0.6 is 0 Å². The second kappa shape index (κ2) is 6.70. The molecule has 0 spiro atoms. The molecule has 2 unspecified atom stereocenters. The van der Waals surface area contributed by atoms with Crippen LogP contribution < -0.4 is 10.9 Å². The number of carbonyl (C=O) groups excluding carboxylic acids is 1. The number of hydrogen-bond acceptors (Lipinski definition) is 3. The predicted molar refractivity (Wildman–Crippen MR) is 88.7 cm³/mol. The molecule has 124 valence electrons. The summed E-state index contributed by atoms with van der Waals surface area (Å²) in [6.45, 7) is 0.407. The molecule has 0 bridgehead atoms. The number of anilines is 1. The van der Waals surface area contributed by atoms with Crippen LogP contribution in [0.15, 0.2) is 53.5 Å². The Morgan fingerprint density at radius 3 is 2.42 bits per heavy atom. The van der Waals surface area contributed by atoms with Crippen LogP contribution in [0.3, 0.4) is 0 Å². The molecule has 1 heterocycles. The average molecular weight is 326 g/mol. The maximum absolute atomic E-state index is 12.5. The van der Waals surface area contributed by atoms with E-state index < -0.39 is 23.7 Å². The lowest BCUT2D eigenvalue weighted by Crippen LogP contribution is -2.42. The van der Waals surface area contributed by atoms with Gasteiger partial charge in [-0.3, -0.25) is 14.4 Å². The second-order valence-electron chi connectivity index (χ2n) is 5.96. The van der Waals surface area contributed by atoms with Gasteiger partial charge in [0.05, 0.1) is 18.4 Å². The molecule has 6 nitrogen and oxygen atoms in total. The van der Waals surface area contributed by atoms with Gasteiger partial charge in [0.15, 0.2) is 0 Å². The largest absolute Gasteiger partial charge is 0.481 e. The normalized spacial score (nSPS) is 19.3. The van der Waals surface area contributed by atoms with Crippen LogP contribution in [0.4, 0.5) is 5.69 Å². The van der Waals surface area contributed by atoms with E-state index in [0.717, 1.165) is 5.56 Å². The van der Waals surface area contributed by atoms with E-state index in [0.29, 0.717) is 19.4 Å². The fourth-order valence-electron chi connectivity index (χ4n) is 2.87. The second-order valence-corrected chi connectivity index (χ2v) is 5.96. The average Bonchev–Trinajstić information content (AvgIpc) is 2.50. The van der Waals surface area contributed by atoms with E-state index in [9.17, 15) is 14.4 Å². The number of rotatable bonds is 5. The third-order valence-corrected chi connectivity index (χ3v) is 4.40. The van der Waals surface area contributed by atoms with Crippen molar-refractivity contribution in [3.8, 4) is 0 Å². The number of aromatic nitrogens is 1. The molecule has 1 saturated carbocycles. The van der Waals surface area contributed by atoms with Crippen molar-refractivity contribution in [3.05, 3.63) is 64.6 Å². The summed E-state index contributed by atoms with van der Waals surface area (Å²) in [5.74, 6) is -2.58. The molecule has 3 rings (SSSR count). The molecule has 1 aliphatic rings. The minimum atomic E-state index is -0.962. The first-order chi connectivity index (χ1) is 11.6. The standard InChI is InChI=1S/C18H18N2O4/c21-16(13-8-9-14(13)18(23)24)19-15-7-4-10-20(17(15)22)11-12-5-2-1-3-6-12/h1-7,10,13-14H,8-9,11H2,(H,19,21)(H,23,24). The number of nitrogens with zero attached hydrogens (tertiary/aromatic N) is 1. The number of amides is 1. The van der Waals surface area contributed by atoms with Gasteiger partial charge in [-0.25, -0.2) is 0 Å². The first kappa shape index (κ1) is 16.0. The van der Waals surface area contributed by atoms with Crippen LogP contribution in [0.1, 0.15) is 18.4 Å². The van der Waals surface area contributed by atoms with Crippen molar-refractivity contribution in [2.45, 2.75) is 19.4 Å². The van der Waals surface area contributed by atoms with Crippen LogP contribution in [0, 0.1) is 11.8 Å². The molecule has 0 aliphatic heterocycles. The molecule has 6 heteroatoms. The van der Waals surface area contributed by atoms with Crippen LogP contribution in [-0.2, 0) is 16.1 Å². The van der Waals surface area contributed by atoms with Crippen molar-refractivity contribution in [1.82, 2.24) is 4.57 Å². The molecule has 0 saturated heterocycles. The van der Waals surface area contributed by atoms with E-state index in [1.165, 1.54) is 10.6 Å². The van der Waals surface area contributed by atoms with Gasteiger partial charge in [-0.1, -0.05) is 30.3 Å². The zero-order valence-corrected chi connectivity index (χ0v) is 13.0. The lowest BCUT2D eigenvalue weighted by molar-refractivity contribution is -0.151. The molecule has 1 aromatic heterocycles. The highest BCUT2D eigenvalue weighted by Crippen LogP contribution is 2.35. The van der Waals surface area contributed by atoms with Crippen molar-refractivity contribution >= 4 is 17.6 Å². The van der Waals surface area contributed by atoms with Crippen LogP contribution in [0.5, 0.6) is 0 Å². The van der Waals surface area contributed by atoms with Crippen molar-refractivity contribution in [2.24, 2.45) is 11.8 Å². The van der Waals surface area contributed by atoms with E-state index >= 15 is 0 Å². The highest BCUT2D eigenvalue weighted by molar-refractivity contribution is 5.95. The van der Waals surface area contributed by atoms with Gasteiger partial charge in [-0.15, -0.1) is 0 Å². The van der Waals surface area contributed by atoms with Gasteiger partial charge in [0, 0.05) is 6.20 Å². The predicted octanol–water partition coefficient (Wildman–Crippen LogP) is 1.95. The van der Waals surface area contributed by atoms with Crippen molar-refractivity contribution in [1.29, 1.82) is 0 Å². The first-order valence-corrected chi connectivity index (χ1v) is 7.83. The third kappa shape index (κ3) is 3.22. The number of nitrogens with one attached hydrogen (secondary N) is 1. The fraction of sp³-hybridized carbons (Fsp3) is 0.278. The Balaban J connectivity index is 1.75. The molecule has 2 N–H and O–H groups in total. The number of aliphatic carboxylic acids is 1. The number of benzene rings is 1. The molecule has 1 amide bonds. The van der Waals surface area contributed by atoms with E-state index in [-0.39, 0.29) is 11.2 Å². The molecule has 1 fully saturated rings. The summed E-state index contributed by atoms with van der Waals surface area (Å²) in [6, 6.07) is 12.8. The zero-order chi connectivity index (χ0) is 17.1. The number of hydrogen-bond donors (Lipinski definition) is 2. The van der Waals surface area contributed by atoms with Gasteiger partial charge in [0.25, 0.3) is 5.56 Å². The van der Waals surface area contributed by atoms with Crippen molar-refractivity contribution in [3.63, 3.8) is 0 Å². The summed E-state index contributed by atoms with van der Waals surface area (Å²) in [5.41, 5.74) is 0.850. The van der Waals surface area contributed by atoms with Gasteiger partial charge in [-0.2, -0.15) is 0 Å². The quantitative estimate of drug-likeness (QED) is 0.879. The summed E-state index contributed by atoms with van der Waals surface area (Å²) < 4.78 is 1.51. The summed E-state index contributed by atoms with van der Waals surface area (Å²) >= 11 is 0. The molecule has 2 aromatic rings. The van der Waals surface area contributed by atoms with E-state index in [2.05, 4.69) is 5.32 Å². The van der Waals surface area contributed by atoms with Crippen LogP contribution in [0.25, 0.3) is 0 Å². The molecule has 2 atom stereocenters. The van der Waals surface area contributed by atoms with Crippen molar-refractivity contribution < 1.29 is 14.7 Å². The molecular weight excluding hydrogens is 308 g/mol. The Labute approximate surface area is 138 Å². The smallest absolute Gasteiger partial charge is 0.307 e. The Hall–Kier alpha value is -2.89. The maximum Gasteiger partial charge on any atom is 0.307 e. The lowest BCUT2D eigenvalue weighted by Gasteiger charge is -2.31. The Morgan fingerprint density at radius 2 is 1.79 bits per heavy atom. The van der Waals surface area contributed by atoms with E-state index in [1.807, 2.05) is 30.3 Å². The number of pyridine rings is 1. The zero-order valence-electron chi connectivity index (χ0n) is 13.0. The highest BCUT2D eigenvalue weighted by Gasteiger charge is 2.41.